The van der Waals surface area contributed by atoms with E-state index in [-0.39, 0.29) is 0 Å². The van der Waals surface area contributed by atoms with Gasteiger partial charge in [-0.25, -0.2) is 9.50 Å². The molecule has 120 valence electrons. The predicted molar refractivity (Wildman–Crippen MR) is 96.3 cm³/mol. The van der Waals surface area contributed by atoms with Crippen molar-refractivity contribution in [1.82, 2.24) is 14.6 Å². The van der Waals surface area contributed by atoms with E-state index < -0.39 is 0 Å². The summed E-state index contributed by atoms with van der Waals surface area (Å²) in [5.74, 6) is 0.571. The molecule has 0 spiro atoms. The van der Waals surface area contributed by atoms with E-state index in [1.165, 1.54) is 36.5 Å². The molecule has 1 aromatic carbocycles. The average molecular weight is 387 g/mol. The van der Waals surface area contributed by atoms with E-state index in [0.29, 0.717) is 15.8 Å². The second-order valence-electron chi connectivity index (χ2n) is 4.53. The lowest BCUT2D eigenvalue weighted by molar-refractivity contribution is 0.213. The van der Waals surface area contributed by atoms with Crippen LogP contribution in [0.3, 0.4) is 0 Å². The van der Waals surface area contributed by atoms with Crippen LogP contribution >= 0.6 is 46.3 Å². The minimum Gasteiger partial charge on any atom is -0.399 e. The quantitative estimate of drug-likeness (QED) is 0.366. The number of hydrogen-bond acceptors (Lipinski definition) is 6. The van der Waals surface area contributed by atoms with Crippen LogP contribution in [0, 0.1) is 6.92 Å². The van der Waals surface area contributed by atoms with Gasteiger partial charge in [0.2, 0.25) is 4.96 Å². The summed E-state index contributed by atoms with van der Waals surface area (Å²) in [5, 5.41) is 9.60. The van der Waals surface area contributed by atoms with Gasteiger partial charge in [-0.1, -0.05) is 45.8 Å². The number of hydrogen-bond donors (Lipinski definition) is 0. The monoisotopic (exact) mass is 386 g/mol. The van der Waals surface area contributed by atoms with Crippen LogP contribution in [0.1, 0.15) is 10.6 Å². The molecule has 9 heteroatoms. The van der Waals surface area contributed by atoms with Gasteiger partial charge in [0.25, 0.3) is 0 Å². The summed E-state index contributed by atoms with van der Waals surface area (Å²) in [6.07, 6.45) is 1.54. The first kappa shape index (κ1) is 16.6. The molecule has 0 aliphatic carbocycles. The Morgan fingerprint density at radius 2 is 2.13 bits per heavy atom. The molecule has 0 atom stereocenters. The highest BCUT2D eigenvalue weighted by Gasteiger charge is 2.17. The molecule has 0 saturated heterocycles. The van der Waals surface area contributed by atoms with Gasteiger partial charge in [0, 0.05) is 10.6 Å². The number of rotatable bonds is 5. The third-order valence-corrected chi connectivity index (χ3v) is 6.29. The number of aryl methyl sites for hydroxylation is 1. The van der Waals surface area contributed by atoms with Crippen molar-refractivity contribution >= 4 is 57.0 Å². The maximum absolute atomic E-state index is 6.22. The second-order valence-corrected chi connectivity index (χ2v) is 7.31. The highest BCUT2D eigenvalue weighted by Crippen LogP contribution is 2.35. The minimum atomic E-state index is 0.571. The molecule has 0 N–H and O–H groups in total. The molecule has 0 amide bonds. The van der Waals surface area contributed by atoms with E-state index in [1.54, 1.807) is 4.52 Å². The number of fused-ring (bicyclic) bond motifs is 1. The van der Waals surface area contributed by atoms with Gasteiger partial charge in [-0.3, -0.25) is 0 Å². The largest absolute Gasteiger partial charge is 0.399 e. The van der Waals surface area contributed by atoms with Crippen molar-refractivity contribution in [1.29, 1.82) is 0 Å². The van der Waals surface area contributed by atoms with Crippen molar-refractivity contribution in [3.63, 3.8) is 0 Å². The van der Waals surface area contributed by atoms with E-state index in [0.717, 1.165) is 26.1 Å². The van der Waals surface area contributed by atoms with E-state index in [4.69, 9.17) is 28.0 Å². The molecule has 0 bridgehead atoms. The van der Waals surface area contributed by atoms with Gasteiger partial charge in [0.1, 0.15) is 19.1 Å². The van der Waals surface area contributed by atoms with E-state index in [2.05, 4.69) is 15.2 Å². The Labute approximate surface area is 151 Å². The SMILES string of the molecule is CON=C(CSc1c(Cl)cccc1Cl)c1sc2ncnn2c1C. The Hall–Kier alpha value is -1.28. The van der Waals surface area contributed by atoms with E-state index in [9.17, 15) is 0 Å². The highest BCUT2D eigenvalue weighted by atomic mass is 35.5. The molecule has 0 unspecified atom stereocenters. The van der Waals surface area contributed by atoms with Crippen molar-refractivity contribution in [3.05, 3.63) is 45.1 Å². The lowest BCUT2D eigenvalue weighted by Crippen LogP contribution is -2.06. The van der Waals surface area contributed by atoms with Crippen LogP contribution in [0.15, 0.2) is 34.6 Å². The maximum Gasteiger partial charge on any atom is 0.212 e. The summed E-state index contributed by atoms with van der Waals surface area (Å²) in [5.41, 5.74) is 1.77. The molecule has 23 heavy (non-hydrogen) atoms. The molecule has 0 fully saturated rings. The molecular weight excluding hydrogens is 375 g/mol. The fourth-order valence-electron chi connectivity index (χ4n) is 2.06. The van der Waals surface area contributed by atoms with Gasteiger partial charge >= 0.3 is 0 Å². The van der Waals surface area contributed by atoms with Crippen LogP contribution in [-0.2, 0) is 4.84 Å². The first-order valence-corrected chi connectivity index (χ1v) is 9.14. The van der Waals surface area contributed by atoms with Crippen LogP contribution in [0.4, 0.5) is 0 Å². The molecule has 5 nitrogen and oxygen atoms in total. The van der Waals surface area contributed by atoms with Crippen LogP contribution in [-0.4, -0.2) is 33.2 Å². The zero-order chi connectivity index (χ0) is 16.4. The highest BCUT2D eigenvalue weighted by molar-refractivity contribution is 8.00. The Balaban J connectivity index is 1.89. The normalized spacial score (nSPS) is 12.1. The summed E-state index contributed by atoms with van der Waals surface area (Å²) >= 11 is 15.5. The number of benzene rings is 1. The number of halogens is 2. The van der Waals surface area contributed by atoms with E-state index >= 15 is 0 Å². The number of oxime groups is 1. The molecule has 0 saturated carbocycles. The van der Waals surface area contributed by atoms with Crippen LogP contribution in [0.2, 0.25) is 10.0 Å². The standard InChI is InChI=1S/C14H12Cl2N4OS2/c1-8-12(23-14-17-7-18-20(8)14)11(19-21-2)6-22-13-9(15)4-3-5-10(13)16/h3-5,7H,6H2,1-2H3. The van der Waals surface area contributed by atoms with Crippen LogP contribution in [0.5, 0.6) is 0 Å². The van der Waals surface area contributed by atoms with Crippen molar-refractivity contribution in [2.75, 3.05) is 12.9 Å². The average Bonchev–Trinajstić information content (AvgIpc) is 3.09. The third kappa shape index (κ3) is 3.33. The summed E-state index contributed by atoms with van der Waals surface area (Å²) in [6.45, 7) is 1.98. The predicted octanol–water partition coefficient (Wildman–Crippen LogP) is 4.55. The minimum absolute atomic E-state index is 0.571. The topological polar surface area (TPSA) is 51.8 Å². The van der Waals surface area contributed by atoms with Gasteiger partial charge in [-0.15, -0.1) is 11.8 Å². The third-order valence-electron chi connectivity index (χ3n) is 3.09. The molecule has 3 aromatic rings. The Kier molecular flexibility index (Phi) is 5.11. The molecule has 0 aliphatic rings. The fraction of sp³-hybridized carbons (Fsp3) is 0.214. The molecular formula is C14H12Cl2N4OS2. The summed E-state index contributed by atoms with van der Waals surface area (Å²) in [7, 11) is 1.53. The van der Waals surface area contributed by atoms with Crippen molar-refractivity contribution < 1.29 is 4.84 Å². The number of nitrogens with zero attached hydrogens (tertiary/aromatic N) is 4. The molecule has 3 rings (SSSR count). The van der Waals surface area contributed by atoms with Crippen molar-refractivity contribution in [2.24, 2.45) is 5.16 Å². The lowest BCUT2D eigenvalue weighted by Gasteiger charge is -2.08. The molecule has 0 aliphatic heterocycles. The Morgan fingerprint density at radius 1 is 1.39 bits per heavy atom. The van der Waals surface area contributed by atoms with Gasteiger partial charge < -0.3 is 4.84 Å². The number of aromatic nitrogens is 3. The molecule has 2 aromatic heterocycles. The zero-order valence-corrected chi connectivity index (χ0v) is 15.4. The second kappa shape index (κ2) is 7.09. The fourth-order valence-corrected chi connectivity index (χ4v) is 4.78. The molecule has 0 radical (unpaired) electrons. The number of thiazole rings is 1. The smallest absolute Gasteiger partial charge is 0.212 e. The van der Waals surface area contributed by atoms with E-state index in [1.807, 2.05) is 25.1 Å². The van der Waals surface area contributed by atoms with Gasteiger partial charge in [-0.05, 0) is 19.1 Å². The summed E-state index contributed by atoms with van der Waals surface area (Å²) in [4.78, 5) is 11.9. The first-order valence-electron chi connectivity index (χ1n) is 6.58. The summed E-state index contributed by atoms with van der Waals surface area (Å²) in [6, 6.07) is 5.46. The van der Waals surface area contributed by atoms with Gasteiger partial charge in [0.05, 0.1) is 20.6 Å². The van der Waals surface area contributed by atoms with Crippen molar-refractivity contribution in [2.45, 2.75) is 11.8 Å². The van der Waals surface area contributed by atoms with Gasteiger partial charge in [0.15, 0.2) is 0 Å². The lowest BCUT2D eigenvalue weighted by atomic mass is 10.3. The van der Waals surface area contributed by atoms with Crippen molar-refractivity contribution in [3.8, 4) is 0 Å². The number of thioether (sulfide) groups is 1. The van der Waals surface area contributed by atoms with Crippen LogP contribution in [0.25, 0.3) is 4.96 Å². The molecule has 2 heterocycles. The van der Waals surface area contributed by atoms with Crippen LogP contribution < -0.4 is 0 Å². The Morgan fingerprint density at radius 3 is 2.78 bits per heavy atom. The maximum atomic E-state index is 6.22. The zero-order valence-electron chi connectivity index (χ0n) is 12.3. The Bertz CT molecular complexity index is 855. The summed E-state index contributed by atoms with van der Waals surface area (Å²) < 4.78 is 1.79. The first-order chi connectivity index (χ1) is 11.1. The van der Waals surface area contributed by atoms with Gasteiger partial charge in [-0.2, -0.15) is 5.10 Å².